The van der Waals surface area contributed by atoms with Gasteiger partial charge in [0.2, 0.25) is 10.0 Å². The number of aromatic nitrogens is 2. The third-order valence-electron chi connectivity index (χ3n) is 4.90. The fourth-order valence-corrected chi connectivity index (χ4v) is 4.35. The van der Waals surface area contributed by atoms with E-state index in [1.54, 1.807) is 32.0 Å². The number of aromatic amines is 1. The lowest BCUT2D eigenvalue weighted by atomic mass is 10.1. The van der Waals surface area contributed by atoms with Crippen LogP contribution in [0.25, 0.3) is 22.4 Å². The van der Waals surface area contributed by atoms with Gasteiger partial charge in [0.25, 0.3) is 5.91 Å². The number of H-pyrrole nitrogens is 1. The second-order valence-corrected chi connectivity index (χ2v) is 8.88. The zero-order valence-electron chi connectivity index (χ0n) is 17.1. The number of anilines is 1. The molecule has 0 radical (unpaired) electrons. The van der Waals surface area contributed by atoms with Crippen molar-refractivity contribution in [1.82, 2.24) is 14.7 Å². The predicted molar refractivity (Wildman–Crippen MR) is 122 cm³/mol. The average molecular weight is 435 g/mol. The van der Waals surface area contributed by atoms with Gasteiger partial charge >= 0.3 is 0 Å². The molecule has 0 unspecified atom stereocenters. The molecule has 0 fully saturated rings. The van der Waals surface area contributed by atoms with Gasteiger partial charge < -0.3 is 10.3 Å². The molecule has 7 nitrogen and oxygen atoms in total. The van der Waals surface area contributed by atoms with Crippen LogP contribution in [0.5, 0.6) is 0 Å². The minimum absolute atomic E-state index is 0.0605. The van der Waals surface area contributed by atoms with Gasteiger partial charge in [-0.3, -0.25) is 4.79 Å². The minimum Gasteiger partial charge on any atom is -0.338 e. The maximum atomic E-state index is 12.8. The Hall–Kier alpha value is -3.49. The lowest BCUT2D eigenvalue weighted by molar-refractivity contribution is 0.102. The first-order valence-electron chi connectivity index (χ1n) is 9.84. The van der Waals surface area contributed by atoms with Crippen LogP contribution in [-0.2, 0) is 10.0 Å². The molecule has 158 valence electrons. The molecule has 3 aromatic carbocycles. The van der Waals surface area contributed by atoms with E-state index in [1.807, 2.05) is 36.4 Å². The zero-order chi connectivity index (χ0) is 22.0. The number of para-hydroxylation sites is 2. The number of nitrogens with zero attached hydrogens (tertiary/aromatic N) is 1. The normalized spacial score (nSPS) is 11.5. The van der Waals surface area contributed by atoms with Gasteiger partial charge in [0.1, 0.15) is 5.82 Å². The summed E-state index contributed by atoms with van der Waals surface area (Å²) in [5.74, 6) is 0.374. The fraction of sp³-hybridized carbons (Fsp3) is 0.130. The highest BCUT2D eigenvalue weighted by Gasteiger charge is 2.17. The molecule has 1 amide bonds. The number of fused-ring (bicyclic) bond motifs is 1. The Labute approximate surface area is 180 Å². The summed E-state index contributed by atoms with van der Waals surface area (Å²) in [6.45, 7) is 3.74. The minimum atomic E-state index is -3.64. The number of imidazole rings is 1. The molecule has 8 heteroatoms. The van der Waals surface area contributed by atoms with E-state index < -0.39 is 10.0 Å². The van der Waals surface area contributed by atoms with Crippen molar-refractivity contribution >= 4 is 32.7 Å². The molecule has 3 N–H and O–H groups in total. The molecule has 0 aliphatic rings. The van der Waals surface area contributed by atoms with Gasteiger partial charge in [0, 0.05) is 23.4 Å². The Balaban J connectivity index is 1.55. The van der Waals surface area contributed by atoms with Crippen LogP contribution in [0.2, 0.25) is 0 Å². The molecule has 1 heterocycles. The Morgan fingerprint density at radius 3 is 2.48 bits per heavy atom. The molecule has 4 rings (SSSR count). The van der Waals surface area contributed by atoms with Crippen LogP contribution >= 0.6 is 0 Å². The summed E-state index contributed by atoms with van der Waals surface area (Å²) in [4.78, 5) is 20.7. The van der Waals surface area contributed by atoms with Crippen LogP contribution in [0.15, 0.2) is 71.6 Å². The molecular weight excluding hydrogens is 412 g/mol. The molecule has 0 saturated heterocycles. The number of nitrogens with one attached hydrogen (secondary N) is 3. The number of amides is 1. The lowest BCUT2D eigenvalue weighted by Gasteiger charge is -2.11. The number of carbonyl (C=O) groups excluding carboxylic acids is 1. The second-order valence-electron chi connectivity index (χ2n) is 7.11. The Morgan fingerprint density at radius 1 is 1.03 bits per heavy atom. The van der Waals surface area contributed by atoms with Crippen LogP contribution in [0, 0.1) is 6.92 Å². The molecule has 0 bridgehead atoms. The highest BCUT2D eigenvalue weighted by molar-refractivity contribution is 7.89. The summed E-state index contributed by atoms with van der Waals surface area (Å²) in [7, 11) is -3.64. The van der Waals surface area contributed by atoms with E-state index >= 15 is 0 Å². The van der Waals surface area contributed by atoms with Gasteiger partial charge in [-0.05, 0) is 61.0 Å². The SMILES string of the molecule is CCNS(=O)(=O)c1ccc(C)c(C(=O)Nc2ccc(-c3nc4ccccc4[nH]3)cc2)c1. The summed E-state index contributed by atoms with van der Waals surface area (Å²) in [6, 6.07) is 19.6. The molecule has 0 saturated carbocycles. The standard InChI is InChI=1S/C23H22N4O3S/c1-3-24-31(29,30)18-13-8-15(2)19(14-18)23(28)25-17-11-9-16(10-12-17)22-26-20-6-4-5-7-21(20)27-22/h4-14,24H,3H2,1-2H3,(H,25,28)(H,26,27). The molecule has 4 aromatic rings. The van der Waals surface area contributed by atoms with Gasteiger partial charge in [0.15, 0.2) is 0 Å². The Morgan fingerprint density at radius 2 is 1.77 bits per heavy atom. The van der Waals surface area contributed by atoms with Crippen LogP contribution < -0.4 is 10.0 Å². The van der Waals surface area contributed by atoms with Crippen molar-refractivity contribution in [2.75, 3.05) is 11.9 Å². The average Bonchev–Trinajstić information content (AvgIpc) is 3.18. The van der Waals surface area contributed by atoms with Crippen LogP contribution in [0.3, 0.4) is 0 Å². The third kappa shape index (κ3) is 4.35. The Kier molecular flexibility index (Phi) is 5.58. The fourth-order valence-electron chi connectivity index (χ4n) is 3.29. The highest BCUT2D eigenvalue weighted by atomic mass is 32.2. The monoisotopic (exact) mass is 434 g/mol. The van der Waals surface area contributed by atoms with Crippen molar-refractivity contribution in [2.24, 2.45) is 0 Å². The summed E-state index contributed by atoms with van der Waals surface area (Å²) < 4.78 is 27.0. The quantitative estimate of drug-likeness (QED) is 0.425. The van der Waals surface area contributed by atoms with Crippen molar-refractivity contribution in [3.63, 3.8) is 0 Å². The van der Waals surface area contributed by atoms with E-state index in [2.05, 4.69) is 20.0 Å². The largest absolute Gasteiger partial charge is 0.338 e. The number of hydrogen-bond acceptors (Lipinski definition) is 4. The lowest BCUT2D eigenvalue weighted by Crippen LogP contribution is -2.24. The molecule has 0 aliphatic heterocycles. The van der Waals surface area contributed by atoms with Crippen molar-refractivity contribution in [3.8, 4) is 11.4 Å². The van der Waals surface area contributed by atoms with Gasteiger partial charge in [-0.15, -0.1) is 0 Å². The topological polar surface area (TPSA) is 104 Å². The summed E-state index contributed by atoms with van der Waals surface area (Å²) in [6.07, 6.45) is 0. The van der Waals surface area contributed by atoms with E-state index in [0.717, 1.165) is 22.4 Å². The second kappa shape index (κ2) is 8.33. The number of aryl methyl sites for hydroxylation is 1. The van der Waals surface area contributed by atoms with Gasteiger partial charge in [-0.2, -0.15) is 0 Å². The van der Waals surface area contributed by atoms with E-state index in [-0.39, 0.29) is 17.3 Å². The van der Waals surface area contributed by atoms with E-state index in [1.165, 1.54) is 12.1 Å². The number of rotatable bonds is 6. The predicted octanol–water partition coefficient (Wildman–Crippen LogP) is 4.09. The van der Waals surface area contributed by atoms with Crippen molar-refractivity contribution in [1.29, 1.82) is 0 Å². The first-order valence-corrected chi connectivity index (χ1v) is 11.3. The maximum Gasteiger partial charge on any atom is 0.255 e. The smallest absolute Gasteiger partial charge is 0.255 e. The van der Waals surface area contributed by atoms with Crippen LogP contribution in [-0.4, -0.2) is 30.8 Å². The number of sulfonamides is 1. The van der Waals surface area contributed by atoms with E-state index in [4.69, 9.17) is 0 Å². The van der Waals surface area contributed by atoms with Crippen molar-refractivity contribution in [2.45, 2.75) is 18.7 Å². The first-order chi connectivity index (χ1) is 14.9. The maximum absolute atomic E-state index is 12.8. The van der Waals surface area contributed by atoms with E-state index in [9.17, 15) is 13.2 Å². The number of benzene rings is 3. The van der Waals surface area contributed by atoms with E-state index in [0.29, 0.717) is 16.8 Å². The summed E-state index contributed by atoms with van der Waals surface area (Å²) >= 11 is 0. The van der Waals surface area contributed by atoms with Crippen molar-refractivity contribution < 1.29 is 13.2 Å². The number of hydrogen-bond donors (Lipinski definition) is 3. The first kappa shape index (κ1) is 20.8. The summed E-state index contributed by atoms with van der Waals surface area (Å²) in [5.41, 5.74) is 4.33. The third-order valence-corrected chi connectivity index (χ3v) is 6.45. The van der Waals surface area contributed by atoms with Gasteiger partial charge in [-0.25, -0.2) is 18.1 Å². The highest BCUT2D eigenvalue weighted by Crippen LogP contribution is 2.23. The molecule has 31 heavy (non-hydrogen) atoms. The molecular formula is C23H22N4O3S. The molecule has 0 aliphatic carbocycles. The Bertz CT molecular complexity index is 1330. The van der Waals surface area contributed by atoms with Crippen molar-refractivity contribution in [3.05, 3.63) is 77.9 Å². The van der Waals surface area contributed by atoms with Crippen LogP contribution in [0.1, 0.15) is 22.8 Å². The molecule has 0 spiro atoms. The molecule has 1 aromatic heterocycles. The van der Waals surface area contributed by atoms with Crippen LogP contribution in [0.4, 0.5) is 5.69 Å². The van der Waals surface area contributed by atoms with Gasteiger partial charge in [0.05, 0.1) is 15.9 Å². The van der Waals surface area contributed by atoms with Gasteiger partial charge in [-0.1, -0.05) is 25.1 Å². The zero-order valence-corrected chi connectivity index (χ0v) is 18.0. The number of carbonyl (C=O) groups is 1. The summed E-state index contributed by atoms with van der Waals surface area (Å²) in [5, 5.41) is 2.83. The molecule has 0 atom stereocenters.